The summed E-state index contributed by atoms with van der Waals surface area (Å²) in [6.07, 6.45) is 1.54. The molecule has 0 fully saturated rings. The summed E-state index contributed by atoms with van der Waals surface area (Å²) in [6.45, 7) is 1.86. The van der Waals surface area contributed by atoms with Crippen molar-refractivity contribution in [2.75, 3.05) is 11.1 Å². The quantitative estimate of drug-likeness (QED) is 0.757. The molecule has 1 amide bonds. The van der Waals surface area contributed by atoms with Gasteiger partial charge in [0.1, 0.15) is 5.82 Å². The number of nitrogen functional groups attached to an aromatic ring is 1. The van der Waals surface area contributed by atoms with E-state index in [2.05, 4.69) is 10.3 Å². The van der Waals surface area contributed by atoms with Crippen molar-refractivity contribution in [3.8, 4) is 0 Å². The Morgan fingerprint density at radius 3 is 2.85 bits per heavy atom. The number of benzene rings is 1. The molecule has 2 heterocycles. The molecule has 0 spiro atoms. The van der Waals surface area contributed by atoms with Crippen LogP contribution < -0.4 is 11.1 Å². The van der Waals surface area contributed by atoms with Crippen LogP contribution in [0.15, 0.2) is 42.6 Å². The number of amides is 1. The van der Waals surface area contributed by atoms with Gasteiger partial charge in [0, 0.05) is 4.70 Å². The lowest BCUT2D eigenvalue weighted by atomic mass is 10.2. The number of aromatic nitrogens is 1. The van der Waals surface area contributed by atoms with Crippen LogP contribution in [-0.2, 0) is 0 Å². The van der Waals surface area contributed by atoms with Crippen LogP contribution in [0.4, 0.5) is 11.5 Å². The predicted octanol–water partition coefficient (Wildman–Crippen LogP) is 3.44. The molecule has 0 aliphatic heterocycles. The number of nitrogens with two attached hydrogens (primary N) is 1. The highest BCUT2D eigenvalue weighted by molar-refractivity contribution is 7.20. The Morgan fingerprint density at radius 2 is 2.10 bits per heavy atom. The second-order valence-corrected chi connectivity index (χ2v) is 5.62. The van der Waals surface area contributed by atoms with Gasteiger partial charge in [-0.15, -0.1) is 11.3 Å². The molecule has 0 aliphatic rings. The number of rotatable bonds is 2. The number of thiophene rings is 1. The molecule has 0 unspecified atom stereocenters. The van der Waals surface area contributed by atoms with Gasteiger partial charge in [-0.25, -0.2) is 4.98 Å². The molecule has 0 aliphatic carbocycles. The third-order valence-corrected chi connectivity index (χ3v) is 4.10. The van der Waals surface area contributed by atoms with Crippen LogP contribution in [0.25, 0.3) is 10.1 Å². The Balaban J connectivity index is 1.89. The molecule has 3 N–H and O–H groups in total. The van der Waals surface area contributed by atoms with Gasteiger partial charge in [-0.3, -0.25) is 4.79 Å². The van der Waals surface area contributed by atoms with E-state index in [0.717, 1.165) is 15.6 Å². The molecule has 100 valence electrons. The minimum atomic E-state index is -0.147. The third-order valence-electron chi connectivity index (χ3n) is 2.98. The lowest BCUT2D eigenvalue weighted by Gasteiger charge is -2.06. The smallest absolute Gasteiger partial charge is 0.266 e. The van der Waals surface area contributed by atoms with Crippen molar-refractivity contribution in [2.24, 2.45) is 0 Å². The Labute approximate surface area is 120 Å². The maximum Gasteiger partial charge on any atom is 0.266 e. The number of pyridine rings is 1. The summed E-state index contributed by atoms with van der Waals surface area (Å²) in [6, 6.07) is 11.6. The summed E-state index contributed by atoms with van der Waals surface area (Å²) in [5, 5.41) is 3.89. The van der Waals surface area contributed by atoms with E-state index in [1.807, 2.05) is 37.3 Å². The Morgan fingerprint density at radius 1 is 1.30 bits per heavy atom. The van der Waals surface area contributed by atoms with Crippen molar-refractivity contribution in [3.05, 3.63) is 53.0 Å². The number of carbonyl (C=O) groups excluding carboxylic acids is 1. The Bertz CT molecular complexity index is 762. The molecular formula is C15H13N3OS. The van der Waals surface area contributed by atoms with Crippen molar-refractivity contribution in [2.45, 2.75) is 6.92 Å². The first-order chi connectivity index (χ1) is 9.63. The Kier molecular flexibility index (Phi) is 3.12. The van der Waals surface area contributed by atoms with E-state index in [1.165, 1.54) is 17.5 Å². The summed E-state index contributed by atoms with van der Waals surface area (Å²) in [4.78, 5) is 17.1. The van der Waals surface area contributed by atoms with E-state index >= 15 is 0 Å². The minimum absolute atomic E-state index is 0.147. The molecule has 3 aromatic rings. The molecule has 1 aromatic carbocycles. The van der Waals surface area contributed by atoms with Gasteiger partial charge in [-0.05, 0) is 36.1 Å². The van der Waals surface area contributed by atoms with Crippen molar-refractivity contribution < 1.29 is 4.79 Å². The molecular weight excluding hydrogens is 270 g/mol. The summed E-state index contributed by atoms with van der Waals surface area (Å²) >= 11 is 1.47. The molecule has 5 heteroatoms. The molecule has 20 heavy (non-hydrogen) atoms. The number of nitrogens with zero attached hydrogens (tertiary/aromatic N) is 1. The molecule has 4 nitrogen and oxygen atoms in total. The summed E-state index contributed by atoms with van der Waals surface area (Å²) < 4.78 is 1.10. The first kappa shape index (κ1) is 12.6. The fraction of sp³-hybridized carbons (Fsp3) is 0.0667. The monoisotopic (exact) mass is 283 g/mol. The molecule has 2 aromatic heterocycles. The van der Waals surface area contributed by atoms with E-state index in [4.69, 9.17) is 5.73 Å². The van der Waals surface area contributed by atoms with Crippen LogP contribution in [-0.4, -0.2) is 10.9 Å². The van der Waals surface area contributed by atoms with E-state index in [0.29, 0.717) is 16.4 Å². The van der Waals surface area contributed by atoms with Crippen molar-refractivity contribution in [1.82, 2.24) is 4.98 Å². The number of carbonyl (C=O) groups is 1. The van der Waals surface area contributed by atoms with Crippen molar-refractivity contribution in [3.63, 3.8) is 0 Å². The van der Waals surface area contributed by atoms with Crippen molar-refractivity contribution >= 4 is 38.8 Å². The van der Waals surface area contributed by atoms with Gasteiger partial charge >= 0.3 is 0 Å². The molecule has 0 saturated carbocycles. The van der Waals surface area contributed by atoms with Crippen LogP contribution in [0.5, 0.6) is 0 Å². The number of aryl methyl sites for hydroxylation is 1. The number of fused-ring (bicyclic) bond motifs is 1. The lowest BCUT2D eigenvalue weighted by Crippen LogP contribution is -2.12. The van der Waals surface area contributed by atoms with Gasteiger partial charge in [-0.2, -0.15) is 0 Å². The summed E-state index contributed by atoms with van der Waals surface area (Å²) in [5.74, 6) is 0.397. The number of hydrogen-bond acceptors (Lipinski definition) is 4. The second-order valence-electron chi connectivity index (χ2n) is 4.54. The van der Waals surface area contributed by atoms with E-state index in [-0.39, 0.29) is 5.91 Å². The van der Waals surface area contributed by atoms with E-state index < -0.39 is 0 Å². The first-order valence-corrected chi connectivity index (χ1v) is 6.97. The van der Waals surface area contributed by atoms with Gasteiger partial charge in [0.2, 0.25) is 0 Å². The number of anilines is 2. The van der Waals surface area contributed by atoms with Gasteiger partial charge in [0.15, 0.2) is 0 Å². The molecule has 0 atom stereocenters. The van der Waals surface area contributed by atoms with E-state index in [9.17, 15) is 4.79 Å². The average molecular weight is 283 g/mol. The highest BCUT2D eigenvalue weighted by Crippen LogP contribution is 2.26. The van der Waals surface area contributed by atoms with Crippen LogP contribution in [0, 0.1) is 6.92 Å². The van der Waals surface area contributed by atoms with Crippen LogP contribution in [0.2, 0.25) is 0 Å². The zero-order chi connectivity index (χ0) is 14.1. The molecule has 0 radical (unpaired) electrons. The standard InChI is InChI=1S/C15H13N3OS/c1-9-6-11(16)8-17-14(9)18-15(19)13-7-10-4-2-3-5-12(10)20-13/h2-8H,16H2,1H3,(H,17,18,19). The number of nitrogens with one attached hydrogen (secondary N) is 1. The van der Waals surface area contributed by atoms with Crippen LogP contribution in [0.3, 0.4) is 0 Å². The van der Waals surface area contributed by atoms with Crippen molar-refractivity contribution in [1.29, 1.82) is 0 Å². The Hall–Kier alpha value is -2.40. The maximum absolute atomic E-state index is 12.2. The lowest BCUT2D eigenvalue weighted by molar-refractivity contribution is 0.103. The minimum Gasteiger partial charge on any atom is -0.397 e. The van der Waals surface area contributed by atoms with Crippen LogP contribution in [0.1, 0.15) is 15.2 Å². The highest BCUT2D eigenvalue weighted by atomic mass is 32.1. The van der Waals surface area contributed by atoms with E-state index in [1.54, 1.807) is 6.07 Å². The van der Waals surface area contributed by atoms with Gasteiger partial charge in [0.05, 0.1) is 16.8 Å². The zero-order valence-corrected chi connectivity index (χ0v) is 11.7. The largest absolute Gasteiger partial charge is 0.397 e. The maximum atomic E-state index is 12.2. The van der Waals surface area contributed by atoms with Crippen LogP contribution >= 0.6 is 11.3 Å². The third kappa shape index (κ3) is 2.35. The number of hydrogen-bond donors (Lipinski definition) is 2. The fourth-order valence-electron chi connectivity index (χ4n) is 1.99. The first-order valence-electron chi connectivity index (χ1n) is 6.15. The molecule has 3 rings (SSSR count). The second kappa shape index (κ2) is 4.94. The normalized spacial score (nSPS) is 10.7. The molecule has 0 bridgehead atoms. The average Bonchev–Trinajstić information content (AvgIpc) is 2.86. The fourth-order valence-corrected chi connectivity index (χ4v) is 2.95. The molecule has 0 saturated heterocycles. The zero-order valence-electron chi connectivity index (χ0n) is 10.9. The predicted molar refractivity (Wildman–Crippen MR) is 83.2 cm³/mol. The topological polar surface area (TPSA) is 68.0 Å². The van der Waals surface area contributed by atoms with Gasteiger partial charge in [0.25, 0.3) is 5.91 Å². The van der Waals surface area contributed by atoms with Gasteiger partial charge < -0.3 is 11.1 Å². The SMILES string of the molecule is Cc1cc(N)cnc1NC(=O)c1cc2ccccc2s1. The summed E-state index contributed by atoms with van der Waals surface area (Å²) in [5.41, 5.74) is 7.08. The van der Waals surface area contributed by atoms with Gasteiger partial charge in [-0.1, -0.05) is 18.2 Å². The summed E-state index contributed by atoms with van der Waals surface area (Å²) in [7, 11) is 0. The highest BCUT2D eigenvalue weighted by Gasteiger charge is 2.12.